The van der Waals surface area contributed by atoms with Gasteiger partial charge in [0.1, 0.15) is 11.5 Å². The van der Waals surface area contributed by atoms with Gasteiger partial charge in [-0.15, -0.1) is 0 Å². The number of furan rings is 1. The summed E-state index contributed by atoms with van der Waals surface area (Å²) in [6, 6.07) is 4.14. The zero-order chi connectivity index (χ0) is 12.3. The first kappa shape index (κ1) is 11.9. The molecule has 2 atom stereocenters. The van der Waals surface area contributed by atoms with Crippen molar-refractivity contribution in [1.29, 1.82) is 0 Å². The van der Waals surface area contributed by atoms with Gasteiger partial charge in [-0.1, -0.05) is 6.92 Å². The summed E-state index contributed by atoms with van der Waals surface area (Å²) in [7, 11) is 0. The van der Waals surface area contributed by atoms with Crippen molar-refractivity contribution in [3.8, 4) is 0 Å². The zero-order valence-electron chi connectivity index (χ0n) is 10.4. The highest BCUT2D eigenvalue weighted by Gasteiger charge is 2.18. The van der Waals surface area contributed by atoms with E-state index in [-0.39, 0.29) is 12.1 Å². The lowest BCUT2D eigenvalue weighted by atomic mass is 10.1. The lowest BCUT2D eigenvalue weighted by Gasteiger charge is -2.18. The largest absolute Gasteiger partial charge is 0.468 e. The molecule has 1 N–H and O–H groups in total. The van der Waals surface area contributed by atoms with Gasteiger partial charge in [-0.2, -0.15) is 0 Å². The maximum atomic E-state index is 5.50. The SMILES string of the molecule is CCC(NC(C)c1ncc(C)o1)c1ccco1. The highest BCUT2D eigenvalue weighted by molar-refractivity contribution is 5.05. The van der Waals surface area contributed by atoms with E-state index in [1.807, 2.05) is 26.0 Å². The van der Waals surface area contributed by atoms with Gasteiger partial charge in [-0.05, 0) is 32.4 Å². The monoisotopic (exact) mass is 234 g/mol. The molecule has 17 heavy (non-hydrogen) atoms. The number of aryl methyl sites for hydroxylation is 1. The predicted molar refractivity (Wildman–Crippen MR) is 64.5 cm³/mol. The molecule has 2 aromatic heterocycles. The molecule has 0 fully saturated rings. The minimum absolute atomic E-state index is 0.0683. The third kappa shape index (κ3) is 2.77. The molecule has 4 heteroatoms. The van der Waals surface area contributed by atoms with E-state index >= 15 is 0 Å². The van der Waals surface area contributed by atoms with E-state index in [4.69, 9.17) is 8.83 Å². The van der Waals surface area contributed by atoms with Crippen molar-refractivity contribution in [1.82, 2.24) is 10.3 Å². The Balaban J connectivity index is 2.04. The molecule has 0 aromatic carbocycles. The third-order valence-corrected chi connectivity index (χ3v) is 2.76. The first-order chi connectivity index (χ1) is 8.20. The average Bonchev–Trinajstić information content (AvgIpc) is 2.96. The van der Waals surface area contributed by atoms with Crippen molar-refractivity contribution >= 4 is 0 Å². The van der Waals surface area contributed by atoms with Gasteiger partial charge in [0.15, 0.2) is 0 Å². The van der Waals surface area contributed by atoms with Crippen LogP contribution in [0, 0.1) is 6.92 Å². The summed E-state index contributed by atoms with van der Waals surface area (Å²) in [5.41, 5.74) is 0. The molecule has 2 heterocycles. The van der Waals surface area contributed by atoms with Crippen LogP contribution in [-0.4, -0.2) is 4.98 Å². The third-order valence-electron chi connectivity index (χ3n) is 2.76. The summed E-state index contributed by atoms with van der Waals surface area (Å²) in [6.07, 6.45) is 4.39. The quantitative estimate of drug-likeness (QED) is 0.861. The van der Waals surface area contributed by atoms with E-state index in [0.717, 1.165) is 17.9 Å². The fourth-order valence-corrected chi connectivity index (χ4v) is 1.84. The Labute approximate surface area is 101 Å². The standard InChI is InChI=1S/C13H18N2O2/c1-4-11(12-6-5-7-16-12)15-10(3)13-14-8-9(2)17-13/h5-8,10-11,15H,4H2,1-3H3. The minimum atomic E-state index is 0.0683. The summed E-state index contributed by atoms with van der Waals surface area (Å²) in [5.74, 6) is 2.50. The Morgan fingerprint density at radius 2 is 2.29 bits per heavy atom. The first-order valence-electron chi connectivity index (χ1n) is 5.92. The lowest BCUT2D eigenvalue weighted by Crippen LogP contribution is -2.24. The number of hydrogen-bond acceptors (Lipinski definition) is 4. The van der Waals surface area contributed by atoms with E-state index in [9.17, 15) is 0 Å². The molecule has 2 aromatic rings. The molecule has 2 rings (SSSR count). The van der Waals surface area contributed by atoms with Crippen LogP contribution < -0.4 is 5.32 Å². The fraction of sp³-hybridized carbons (Fsp3) is 0.462. The van der Waals surface area contributed by atoms with E-state index in [1.165, 1.54) is 0 Å². The Kier molecular flexibility index (Phi) is 3.64. The molecule has 4 nitrogen and oxygen atoms in total. The van der Waals surface area contributed by atoms with Crippen molar-refractivity contribution in [3.63, 3.8) is 0 Å². The Bertz CT molecular complexity index is 448. The first-order valence-corrected chi connectivity index (χ1v) is 5.92. The number of hydrogen-bond donors (Lipinski definition) is 1. The maximum Gasteiger partial charge on any atom is 0.211 e. The second kappa shape index (κ2) is 5.19. The van der Waals surface area contributed by atoms with Crippen molar-refractivity contribution in [2.75, 3.05) is 0 Å². The van der Waals surface area contributed by atoms with Gasteiger partial charge in [-0.25, -0.2) is 4.98 Å². The van der Waals surface area contributed by atoms with E-state index in [2.05, 4.69) is 17.2 Å². The molecule has 92 valence electrons. The molecule has 0 aliphatic carbocycles. The molecule has 0 aliphatic heterocycles. The molecule has 2 unspecified atom stereocenters. The molecular weight excluding hydrogens is 216 g/mol. The Morgan fingerprint density at radius 3 is 2.82 bits per heavy atom. The second-order valence-electron chi connectivity index (χ2n) is 4.17. The summed E-state index contributed by atoms with van der Waals surface area (Å²) in [6.45, 7) is 6.05. The van der Waals surface area contributed by atoms with Crippen LogP contribution in [0.3, 0.4) is 0 Å². The van der Waals surface area contributed by atoms with Crippen LogP contribution in [0.15, 0.2) is 33.4 Å². The smallest absolute Gasteiger partial charge is 0.211 e. The van der Waals surface area contributed by atoms with Crippen molar-refractivity contribution in [2.45, 2.75) is 39.3 Å². The van der Waals surface area contributed by atoms with Crippen molar-refractivity contribution < 1.29 is 8.83 Å². The number of rotatable bonds is 5. The van der Waals surface area contributed by atoms with Crippen LogP contribution in [-0.2, 0) is 0 Å². The fourth-order valence-electron chi connectivity index (χ4n) is 1.84. The molecule has 0 bridgehead atoms. The van der Waals surface area contributed by atoms with Crippen molar-refractivity contribution in [2.24, 2.45) is 0 Å². The average molecular weight is 234 g/mol. The van der Waals surface area contributed by atoms with Crippen LogP contribution in [0.25, 0.3) is 0 Å². The number of nitrogens with zero attached hydrogens (tertiary/aromatic N) is 1. The van der Waals surface area contributed by atoms with Gasteiger partial charge >= 0.3 is 0 Å². The highest BCUT2D eigenvalue weighted by atomic mass is 16.4. The Hall–Kier alpha value is -1.55. The van der Waals surface area contributed by atoms with Gasteiger partial charge in [0.05, 0.1) is 24.5 Å². The molecule has 0 spiro atoms. The van der Waals surface area contributed by atoms with E-state index in [1.54, 1.807) is 12.5 Å². The number of nitrogens with one attached hydrogen (secondary N) is 1. The predicted octanol–water partition coefficient (Wildman–Crippen LogP) is 3.38. The van der Waals surface area contributed by atoms with Crippen LogP contribution in [0.2, 0.25) is 0 Å². The minimum Gasteiger partial charge on any atom is -0.468 e. The van der Waals surface area contributed by atoms with Gasteiger partial charge in [-0.3, -0.25) is 5.32 Å². The van der Waals surface area contributed by atoms with Gasteiger partial charge in [0.2, 0.25) is 5.89 Å². The summed E-state index contributed by atoms with van der Waals surface area (Å²) >= 11 is 0. The van der Waals surface area contributed by atoms with Gasteiger partial charge in [0.25, 0.3) is 0 Å². The van der Waals surface area contributed by atoms with Crippen LogP contribution in [0.4, 0.5) is 0 Å². The van der Waals surface area contributed by atoms with Crippen LogP contribution >= 0.6 is 0 Å². The molecule has 0 saturated carbocycles. The van der Waals surface area contributed by atoms with Gasteiger partial charge < -0.3 is 8.83 Å². The molecule has 0 amide bonds. The topological polar surface area (TPSA) is 51.2 Å². The van der Waals surface area contributed by atoms with E-state index < -0.39 is 0 Å². The summed E-state index contributed by atoms with van der Waals surface area (Å²) < 4.78 is 10.9. The summed E-state index contributed by atoms with van der Waals surface area (Å²) in [5, 5.41) is 3.45. The highest BCUT2D eigenvalue weighted by Crippen LogP contribution is 2.22. The number of aromatic nitrogens is 1. The molecule has 0 aliphatic rings. The molecular formula is C13H18N2O2. The lowest BCUT2D eigenvalue weighted by molar-refractivity contribution is 0.336. The molecule has 0 radical (unpaired) electrons. The Morgan fingerprint density at radius 1 is 1.47 bits per heavy atom. The second-order valence-corrected chi connectivity index (χ2v) is 4.17. The van der Waals surface area contributed by atoms with E-state index in [0.29, 0.717) is 5.89 Å². The van der Waals surface area contributed by atoms with Gasteiger partial charge in [0, 0.05) is 0 Å². The molecule has 0 saturated heterocycles. The zero-order valence-corrected chi connectivity index (χ0v) is 10.4. The van der Waals surface area contributed by atoms with Crippen LogP contribution in [0.5, 0.6) is 0 Å². The number of oxazole rings is 1. The van der Waals surface area contributed by atoms with Crippen LogP contribution in [0.1, 0.15) is 49.8 Å². The maximum absolute atomic E-state index is 5.50. The normalized spacial score (nSPS) is 14.8. The summed E-state index contributed by atoms with van der Waals surface area (Å²) in [4.78, 5) is 4.22. The van der Waals surface area contributed by atoms with Crippen molar-refractivity contribution in [3.05, 3.63) is 42.0 Å².